The number of nitrogens with zero attached hydrogens (tertiary/aromatic N) is 2. The lowest BCUT2D eigenvalue weighted by Crippen LogP contribution is -2.28. The molecule has 0 spiro atoms. The van der Waals surface area contributed by atoms with E-state index in [1.807, 2.05) is 45.2 Å². The average Bonchev–Trinajstić information content (AvgIpc) is 2.83. The highest BCUT2D eigenvalue weighted by atomic mass is 16.2. The lowest BCUT2D eigenvalue weighted by molar-refractivity contribution is 0.0745. The van der Waals surface area contributed by atoms with Crippen molar-refractivity contribution in [1.29, 1.82) is 0 Å². The Balaban J connectivity index is 2.54. The van der Waals surface area contributed by atoms with Gasteiger partial charge in [0.1, 0.15) is 0 Å². The second-order valence-electron chi connectivity index (χ2n) is 5.78. The van der Waals surface area contributed by atoms with E-state index in [0.717, 1.165) is 29.3 Å². The summed E-state index contributed by atoms with van der Waals surface area (Å²) in [5.41, 5.74) is 1.79. The van der Waals surface area contributed by atoms with Crippen molar-refractivity contribution >= 4 is 23.5 Å². The third kappa shape index (κ3) is 2.53. The molecule has 0 radical (unpaired) electrons. The first-order valence-electron chi connectivity index (χ1n) is 7.07. The molecule has 0 atom stereocenters. The maximum atomic E-state index is 12.7. The highest BCUT2D eigenvalue weighted by molar-refractivity contribution is 5.96. The van der Waals surface area contributed by atoms with Gasteiger partial charge in [0.2, 0.25) is 5.91 Å². The number of carbonyl (C=O) groups excluding carboxylic acids is 1. The smallest absolute Gasteiger partial charge is 0.236 e. The molecule has 0 aliphatic heterocycles. The van der Waals surface area contributed by atoms with Gasteiger partial charge in [-0.25, -0.2) is 0 Å². The lowest BCUT2D eigenvalue weighted by atomic mass is 9.89. The zero-order valence-electron chi connectivity index (χ0n) is 12.5. The van der Waals surface area contributed by atoms with Crippen LogP contribution < -0.4 is 0 Å². The van der Waals surface area contributed by atoms with Crippen molar-refractivity contribution < 1.29 is 4.79 Å². The molecule has 0 unspecified atom stereocenters. The Hall–Kier alpha value is -1.90. The van der Waals surface area contributed by atoms with E-state index < -0.39 is 0 Å². The first-order valence-corrected chi connectivity index (χ1v) is 7.07. The molecule has 0 fully saturated rings. The Labute approximate surface area is 120 Å². The minimum Gasteiger partial charge on any atom is -0.301 e. The van der Waals surface area contributed by atoms with Crippen LogP contribution in [0.4, 0.5) is 0 Å². The van der Waals surface area contributed by atoms with Crippen LogP contribution in [0.15, 0.2) is 35.5 Å². The molecule has 0 saturated carbocycles. The number of benzene rings is 1. The molecule has 0 saturated heterocycles. The summed E-state index contributed by atoms with van der Waals surface area (Å²) in [7, 11) is 0. The van der Waals surface area contributed by atoms with E-state index >= 15 is 0 Å². The quantitative estimate of drug-likeness (QED) is 0.757. The van der Waals surface area contributed by atoms with Gasteiger partial charge in [-0.1, -0.05) is 39.0 Å². The predicted molar refractivity (Wildman–Crippen MR) is 84.8 cm³/mol. The molecule has 2 rings (SSSR count). The molecule has 1 aromatic heterocycles. The molecule has 1 aromatic carbocycles. The molecule has 2 aromatic rings. The highest BCUT2D eigenvalue weighted by Gasteiger charge is 2.28. The van der Waals surface area contributed by atoms with Crippen LogP contribution in [0.2, 0.25) is 0 Å². The fraction of sp³-hybridized carbons (Fsp3) is 0.412. The monoisotopic (exact) mass is 270 g/mol. The zero-order chi connectivity index (χ0) is 14.8. The first-order chi connectivity index (χ1) is 9.51. The van der Waals surface area contributed by atoms with Crippen LogP contribution in [0, 0.1) is 5.41 Å². The van der Waals surface area contributed by atoms with Crippen molar-refractivity contribution in [2.24, 2.45) is 10.4 Å². The summed E-state index contributed by atoms with van der Waals surface area (Å²) in [4.78, 5) is 16.6. The number of aliphatic imine (C=N–C) groups is 1. The summed E-state index contributed by atoms with van der Waals surface area (Å²) < 4.78 is 1.80. The van der Waals surface area contributed by atoms with E-state index in [1.165, 1.54) is 0 Å². The van der Waals surface area contributed by atoms with Crippen LogP contribution in [0.25, 0.3) is 10.9 Å². The summed E-state index contributed by atoms with van der Waals surface area (Å²) in [5, 5.41) is 1.14. The second kappa shape index (κ2) is 5.61. The molecule has 3 heteroatoms. The number of carbonyl (C=O) groups is 1. The number of fused-ring (bicyclic) bond motifs is 1. The standard InChI is InChI=1S/C17H22N2O/c1-5-17(2,3)16(20)19-12-13(10-11-18-4)14-8-6-7-9-15(14)19/h6-9,12H,4-5,10-11H2,1-3H3. The molecule has 0 bridgehead atoms. The maximum absolute atomic E-state index is 12.7. The fourth-order valence-electron chi connectivity index (χ4n) is 2.29. The Kier molecular flexibility index (Phi) is 4.07. The largest absolute Gasteiger partial charge is 0.301 e. The fourth-order valence-corrected chi connectivity index (χ4v) is 2.29. The van der Waals surface area contributed by atoms with Crippen molar-refractivity contribution in [3.63, 3.8) is 0 Å². The molecular formula is C17H22N2O. The van der Waals surface area contributed by atoms with Gasteiger partial charge in [0.05, 0.1) is 5.52 Å². The molecule has 0 N–H and O–H groups in total. The third-order valence-electron chi connectivity index (χ3n) is 4.02. The molecule has 0 amide bonds. The van der Waals surface area contributed by atoms with E-state index in [0.29, 0.717) is 6.54 Å². The molecule has 1 heterocycles. The van der Waals surface area contributed by atoms with Crippen LogP contribution in [-0.4, -0.2) is 23.7 Å². The van der Waals surface area contributed by atoms with Crippen LogP contribution in [0.1, 0.15) is 37.6 Å². The SMILES string of the molecule is C=NCCc1cn(C(=O)C(C)(C)CC)c2ccccc12. The van der Waals surface area contributed by atoms with E-state index in [4.69, 9.17) is 0 Å². The Morgan fingerprint density at radius 1 is 1.35 bits per heavy atom. The van der Waals surface area contributed by atoms with Gasteiger partial charge in [0, 0.05) is 23.5 Å². The van der Waals surface area contributed by atoms with Gasteiger partial charge in [-0.3, -0.25) is 9.36 Å². The normalized spacial score (nSPS) is 11.8. The molecule has 0 aliphatic rings. The van der Waals surface area contributed by atoms with Crippen molar-refractivity contribution in [2.75, 3.05) is 6.54 Å². The number of hydrogen-bond donors (Lipinski definition) is 0. The number of hydrogen-bond acceptors (Lipinski definition) is 2. The molecular weight excluding hydrogens is 248 g/mol. The summed E-state index contributed by atoms with van der Waals surface area (Å²) in [5.74, 6) is 0.147. The van der Waals surface area contributed by atoms with Crippen molar-refractivity contribution in [3.05, 3.63) is 36.0 Å². The molecule has 3 nitrogen and oxygen atoms in total. The minimum absolute atomic E-state index is 0.147. The Morgan fingerprint density at radius 2 is 2.05 bits per heavy atom. The van der Waals surface area contributed by atoms with Gasteiger partial charge >= 0.3 is 0 Å². The average molecular weight is 270 g/mol. The van der Waals surface area contributed by atoms with Gasteiger partial charge in [0.25, 0.3) is 0 Å². The van der Waals surface area contributed by atoms with Crippen molar-refractivity contribution in [1.82, 2.24) is 4.57 Å². The van der Waals surface area contributed by atoms with Crippen LogP contribution in [0.3, 0.4) is 0 Å². The van der Waals surface area contributed by atoms with E-state index in [2.05, 4.69) is 17.8 Å². The highest BCUT2D eigenvalue weighted by Crippen LogP contribution is 2.28. The Morgan fingerprint density at radius 3 is 2.70 bits per heavy atom. The van der Waals surface area contributed by atoms with Crippen molar-refractivity contribution in [2.45, 2.75) is 33.6 Å². The number of rotatable bonds is 5. The molecule has 106 valence electrons. The van der Waals surface area contributed by atoms with Gasteiger partial charge in [0.15, 0.2) is 0 Å². The second-order valence-corrected chi connectivity index (χ2v) is 5.78. The van der Waals surface area contributed by atoms with Crippen LogP contribution >= 0.6 is 0 Å². The van der Waals surface area contributed by atoms with E-state index in [1.54, 1.807) is 4.57 Å². The maximum Gasteiger partial charge on any atom is 0.236 e. The third-order valence-corrected chi connectivity index (χ3v) is 4.02. The number of aromatic nitrogens is 1. The summed E-state index contributed by atoms with van der Waals surface area (Å²) in [6, 6.07) is 8.05. The van der Waals surface area contributed by atoms with Gasteiger partial charge in [-0.2, -0.15) is 0 Å². The minimum atomic E-state index is -0.351. The van der Waals surface area contributed by atoms with E-state index in [9.17, 15) is 4.79 Å². The van der Waals surface area contributed by atoms with Gasteiger partial charge < -0.3 is 4.99 Å². The lowest BCUT2D eigenvalue weighted by Gasteiger charge is -2.21. The first kappa shape index (κ1) is 14.5. The summed E-state index contributed by atoms with van der Waals surface area (Å²) in [6.45, 7) is 10.2. The van der Waals surface area contributed by atoms with Crippen LogP contribution in [0.5, 0.6) is 0 Å². The Bertz CT molecular complexity index is 637. The summed E-state index contributed by atoms with van der Waals surface area (Å²) >= 11 is 0. The topological polar surface area (TPSA) is 34.4 Å². The van der Waals surface area contributed by atoms with Crippen molar-refractivity contribution in [3.8, 4) is 0 Å². The number of para-hydroxylation sites is 1. The molecule has 20 heavy (non-hydrogen) atoms. The van der Waals surface area contributed by atoms with Gasteiger partial charge in [-0.15, -0.1) is 0 Å². The molecule has 0 aliphatic carbocycles. The van der Waals surface area contributed by atoms with Gasteiger partial charge in [-0.05, 0) is 31.2 Å². The van der Waals surface area contributed by atoms with Crippen LogP contribution in [-0.2, 0) is 6.42 Å². The summed E-state index contributed by atoms with van der Waals surface area (Å²) in [6.07, 6.45) is 3.61. The van der Waals surface area contributed by atoms with E-state index in [-0.39, 0.29) is 11.3 Å². The predicted octanol–water partition coefficient (Wildman–Crippen LogP) is 3.96. The zero-order valence-corrected chi connectivity index (χ0v) is 12.5.